The Morgan fingerprint density at radius 2 is 2.41 bits per heavy atom. The number of hydrogen-bond acceptors (Lipinski definition) is 3. The Labute approximate surface area is 103 Å². The summed E-state index contributed by atoms with van der Waals surface area (Å²) < 4.78 is 1.86. The van der Waals surface area contributed by atoms with Gasteiger partial charge in [-0.15, -0.1) is 0 Å². The highest BCUT2D eigenvalue weighted by Gasteiger charge is 2.18. The fraction of sp³-hybridized carbons (Fsp3) is 0.769. The molecule has 2 heterocycles. The zero-order valence-electron chi connectivity index (χ0n) is 10.7. The first kappa shape index (κ1) is 12.6. The fourth-order valence-corrected chi connectivity index (χ4v) is 2.61. The van der Waals surface area contributed by atoms with Crippen molar-refractivity contribution in [3.63, 3.8) is 0 Å². The Hall–Kier alpha value is -0.870. The van der Waals surface area contributed by atoms with E-state index in [-0.39, 0.29) is 0 Å². The second kappa shape index (κ2) is 6.17. The molecule has 1 aliphatic heterocycles. The van der Waals surface area contributed by atoms with Crippen LogP contribution in [0.2, 0.25) is 0 Å². The molecule has 4 heteroatoms. The van der Waals surface area contributed by atoms with Crippen LogP contribution in [0.25, 0.3) is 0 Å². The minimum Gasteiger partial charge on any atom is -0.396 e. The van der Waals surface area contributed by atoms with Crippen LogP contribution < -0.4 is 0 Å². The van der Waals surface area contributed by atoms with Crippen LogP contribution in [0.5, 0.6) is 0 Å². The summed E-state index contributed by atoms with van der Waals surface area (Å²) in [5, 5.41) is 13.4. The van der Waals surface area contributed by atoms with Crippen LogP contribution in [0.1, 0.15) is 24.8 Å². The highest BCUT2D eigenvalue weighted by Crippen LogP contribution is 2.16. The summed E-state index contributed by atoms with van der Waals surface area (Å²) in [7, 11) is 1.96. The second-order valence-electron chi connectivity index (χ2n) is 5.12. The maximum atomic E-state index is 9.18. The summed E-state index contributed by atoms with van der Waals surface area (Å²) in [6.45, 7) is 3.76. The van der Waals surface area contributed by atoms with Gasteiger partial charge in [-0.1, -0.05) is 0 Å². The molecule has 0 aliphatic carbocycles. The van der Waals surface area contributed by atoms with Gasteiger partial charge < -0.3 is 10.0 Å². The Bertz CT molecular complexity index is 337. The summed E-state index contributed by atoms with van der Waals surface area (Å²) in [4.78, 5) is 2.49. The van der Waals surface area contributed by atoms with Crippen LogP contribution in [0.4, 0.5) is 0 Å². The van der Waals surface area contributed by atoms with Gasteiger partial charge in [0, 0.05) is 26.4 Å². The maximum Gasteiger partial charge on any atom is 0.0521 e. The molecular weight excluding hydrogens is 214 g/mol. The van der Waals surface area contributed by atoms with Crippen molar-refractivity contribution < 1.29 is 5.11 Å². The normalized spacial score (nSPS) is 21.9. The Morgan fingerprint density at radius 1 is 1.53 bits per heavy atom. The number of rotatable bonds is 5. The van der Waals surface area contributed by atoms with E-state index >= 15 is 0 Å². The molecule has 1 saturated heterocycles. The van der Waals surface area contributed by atoms with E-state index in [0.717, 1.165) is 19.5 Å². The van der Waals surface area contributed by atoms with Gasteiger partial charge in [-0.2, -0.15) is 5.10 Å². The van der Waals surface area contributed by atoms with Crippen molar-refractivity contribution in [2.24, 2.45) is 13.0 Å². The quantitative estimate of drug-likeness (QED) is 0.832. The van der Waals surface area contributed by atoms with Crippen LogP contribution in [-0.4, -0.2) is 46.0 Å². The first-order valence-electron chi connectivity index (χ1n) is 6.58. The summed E-state index contributed by atoms with van der Waals surface area (Å²) in [6.07, 6.45) is 8.76. The molecule has 1 fully saturated rings. The zero-order chi connectivity index (χ0) is 12.1. The van der Waals surface area contributed by atoms with Gasteiger partial charge in [0.25, 0.3) is 0 Å². The van der Waals surface area contributed by atoms with Crippen LogP contribution >= 0.6 is 0 Å². The Balaban J connectivity index is 1.68. The molecule has 1 aliphatic rings. The average molecular weight is 237 g/mol. The van der Waals surface area contributed by atoms with Crippen molar-refractivity contribution in [3.05, 3.63) is 18.0 Å². The van der Waals surface area contributed by atoms with E-state index in [2.05, 4.69) is 16.2 Å². The van der Waals surface area contributed by atoms with E-state index in [1.807, 2.05) is 17.9 Å². The van der Waals surface area contributed by atoms with E-state index < -0.39 is 0 Å². The number of nitrogens with zero attached hydrogens (tertiary/aromatic N) is 3. The number of aliphatic hydroxyl groups is 1. The van der Waals surface area contributed by atoms with Crippen molar-refractivity contribution in [1.82, 2.24) is 14.7 Å². The van der Waals surface area contributed by atoms with Gasteiger partial charge in [0.15, 0.2) is 0 Å². The van der Waals surface area contributed by atoms with Crippen molar-refractivity contribution >= 4 is 0 Å². The van der Waals surface area contributed by atoms with Crippen molar-refractivity contribution in [1.29, 1.82) is 0 Å². The minimum atomic E-state index is 0.346. The summed E-state index contributed by atoms with van der Waals surface area (Å²) in [5.41, 5.74) is 1.32. The molecule has 1 N–H and O–H groups in total. The van der Waals surface area contributed by atoms with Gasteiger partial charge in [0.2, 0.25) is 0 Å². The standard InChI is InChI=1S/C13H23N3O/c1-15-9-12(8-14-15)4-2-6-16-7-3-5-13(10-16)11-17/h8-9,13,17H,2-7,10-11H2,1H3. The smallest absolute Gasteiger partial charge is 0.0521 e. The van der Waals surface area contributed by atoms with Crippen molar-refractivity contribution in [2.75, 3.05) is 26.2 Å². The van der Waals surface area contributed by atoms with E-state index in [1.165, 1.54) is 31.4 Å². The first-order chi connectivity index (χ1) is 8.28. The van der Waals surface area contributed by atoms with Crippen molar-refractivity contribution in [2.45, 2.75) is 25.7 Å². The third kappa shape index (κ3) is 3.82. The van der Waals surface area contributed by atoms with Gasteiger partial charge in [0.05, 0.1) is 6.20 Å². The predicted molar refractivity (Wildman–Crippen MR) is 67.8 cm³/mol. The highest BCUT2D eigenvalue weighted by atomic mass is 16.3. The van der Waals surface area contributed by atoms with Gasteiger partial charge in [-0.3, -0.25) is 4.68 Å². The summed E-state index contributed by atoms with van der Waals surface area (Å²) >= 11 is 0. The highest BCUT2D eigenvalue weighted by molar-refractivity contribution is 5.03. The lowest BCUT2D eigenvalue weighted by Crippen LogP contribution is -2.37. The molecule has 0 amide bonds. The SMILES string of the molecule is Cn1cc(CCCN2CCCC(CO)C2)cn1. The van der Waals surface area contributed by atoms with Crippen LogP contribution in [-0.2, 0) is 13.5 Å². The number of aromatic nitrogens is 2. The predicted octanol–water partition coefficient (Wildman–Crippen LogP) is 1.06. The minimum absolute atomic E-state index is 0.346. The molecule has 1 aromatic heterocycles. The maximum absolute atomic E-state index is 9.18. The molecule has 2 rings (SSSR count). The van der Waals surface area contributed by atoms with Crippen LogP contribution in [0.3, 0.4) is 0 Å². The lowest BCUT2D eigenvalue weighted by Gasteiger charge is -2.31. The van der Waals surface area contributed by atoms with E-state index in [0.29, 0.717) is 12.5 Å². The number of aliphatic hydroxyl groups excluding tert-OH is 1. The lowest BCUT2D eigenvalue weighted by atomic mass is 9.99. The van der Waals surface area contributed by atoms with E-state index in [9.17, 15) is 5.11 Å². The van der Waals surface area contributed by atoms with Crippen LogP contribution in [0, 0.1) is 5.92 Å². The second-order valence-corrected chi connectivity index (χ2v) is 5.12. The van der Waals surface area contributed by atoms with Gasteiger partial charge in [0.1, 0.15) is 0 Å². The lowest BCUT2D eigenvalue weighted by molar-refractivity contribution is 0.120. The number of likely N-dealkylation sites (tertiary alicyclic amines) is 1. The van der Waals surface area contributed by atoms with Gasteiger partial charge in [-0.05, 0) is 50.3 Å². The number of aryl methyl sites for hydroxylation is 2. The molecule has 4 nitrogen and oxygen atoms in total. The fourth-order valence-electron chi connectivity index (χ4n) is 2.61. The molecule has 0 saturated carbocycles. The Morgan fingerprint density at radius 3 is 3.12 bits per heavy atom. The van der Waals surface area contributed by atoms with E-state index in [4.69, 9.17) is 0 Å². The summed E-state index contributed by atoms with van der Waals surface area (Å²) in [6, 6.07) is 0. The first-order valence-corrected chi connectivity index (χ1v) is 6.58. The topological polar surface area (TPSA) is 41.3 Å². The third-order valence-electron chi connectivity index (χ3n) is 3.56. The molecule has 96 valence electrons. The molecular formula is C13H23N3O. The molecule has 0 radical (unpaired) electrons. The molecule has 0 bridgehead atoms. The molecule has 1 unspecified atom stereocenters. The molecule has 1 aromatic rings. The zero-order valence-corrected chi connectivity index (χ0v) is 10.7. The monoisotopic (exact) mass is 237 g/mol. The molecule has 1 atom stereocenters. The largest absolute Gasteiger partial charge is 0.396 e. The van der Waals surface area contributed by atoms with Gasteiger partial charge >= 0.3 is 0 Å². The third-order valence-corrected chi connectivity index (χ3v) is 3.56. The van der Waals surface area contributed by atoms with Crippen LogP contribution in [0.15, 0.2) is 12.4 Å². The van der Waals surface area contributed by atoms with Gasteiger partial charge in [-0.25, -0.2) is 0 Å². The van der Waals surface area contributed by atoms with E-state index in [1.54, 1.807) is 0 Å². The molecule has 0 aromatic carbocycles. The van der Waals surface area contributed by atoms with Crippen molar-refractivity contribution in [3.8, 4) is 0 Å². The molecule has 17 heavy (non-hydrogen) atoms. The number of piperidine rings is 1. The summed E-state index contributed by atoms with van der Waals surface area (Å²) in [5.74, 6) is 0.502. The average Bonchev–Trinajstić information content (AvgIpc) is 2.75. The molecule has 0 spiro atoms. The Kier molecular flexibility index (Phi) is 4.57. The number of hydrogen-bond donors (Lipinski definition) is 1.